The van der Waals surface area contributed by atoms with E-state index in [0.29, 0.717) is 11.4 Å². The quantitative estimate of drug-likeness (QED) is 0.792. The summed E-state index contributed by atoms with van der Waals surface area (Å²) in [6.45, 7) is 5.75. The summed E-state index contributed by atoms with van der Waals surface area (Å²) in [4.78, 5) is 16.7. The van der Waals surface area contributed by atoms with E-state index in [1.54, 1.807) is 7.11 Å². The number of imidazole rings is 1. The molecule has 0 saturated carbocycles. The van der Waals surface area contributed by atoms with Gasteiger partial charge in [-0.25, -0.2) is 4.98 Å². The van der Waals surface area contributed by atoms with Crippen LogP contribution in [0.5, 0.6) is 5.75 Å². The van der Waals surface area contributed by atoms with Gasteiger partial charge in [-0.2, -0.15) is 0 Å². The first kappa shape index (κ1) is 16.1. The molecule has 0 atom stereocenters. The molecular formula is C19H21N3O2. The van der Waals surface area contributed by atoms with Gasteiger partial charge in [0.05, 0.1) is 18.5 Å². The topological polar surface area (TPSA) is 55.6 Å². The molecule has 0 radical (unpaired) electrons. The van der Waals surface area contributed by atoms with Gasteiger partial charge in [0.15, 0.2) is 0 Å². The summed E-state index contributed by atoms with van der Waals surface area (Å²) in [5, 5.41) is 2.92. The van der Waals surface area contributed by atoms with Crippen LogP contribution in [0.3, 0.4) is 0 Å². The van der Waals surface area contributed by atoms with Crippen LogP contribution in [-0.4, -0.2) is 22.4 Å². The lowest BCUT2D eigenvalue weighted by Crippen LogP contribution is -2.18. The summed E-state index contributed by atoms with van der Waals surface area (Å²) in [7, 11) is 1.59. The summed E-state index contributed by atoms with van der Waals surface area (Å²) in [5.74, 6) is 0.486. The van der Waals surface area contributed by atoms with E-state index < -0.39 is 0 Å². The SMILES string of the molecule is COc1ccc(-c2cn3cccc(C)c3n2)cc1NC(=O)C(C)C. The molecule has 3 rings (SSSR count). The lowest BCUT2D eigenvalue weighted by molar-refractivity contribution is -0.118. The standard InChI is InChI=1S/C19H21N3O2/c1-12(2)19(23)21-15-10-14(7-8-17(15)24-4)16-11-22-9-5-6-13(3)18(22)20-16/h5-12H,1-4H3,(H,21,23). The van der Waals surface area contributed by atoms with Crippen LogP contribution in [0.2, 0.25) is 0 Å². The molecule has 0 spiro atoms. The van der Waals surface area contributed by atoms with Crippen molar-refractivity contribution in [2.24, 2.45) is 5.92 Å². The number of hydrogen-bond acceptors (Lipinski definition) is 3. The number of pyridine rings is 1. The summed E-state index contributed by atoms with van der Waals surface area (Å²) in [5.41, 5.74) is 4.48. The summed E-state index contributed by atoms with van der Waals surface area (Å²) in [6.07, 6.45) is 3.96. The number of amides is 1. The molecule has 0 aliphatic rings. The summed E-state index contributed by atoms with van der Waals surface area (Å²) >= 11 is 0. The first-order valence-electron chi connectivity index (χ1n) is 7.93. The molecular weight excluding hydrogens is 302 g/mol. The van der Waals surface area contributed by atoms with Gasteiger partial charge in [-0.05, 0) is 36.8 Å². The number of nitrogens with one attached hydrogen (secondary N) is 1. The zero-order chi connectivity index (χ0) is 17.3. The van der Waals surface area contributed by atoms with Crippen molar-refractivity contribution >= 4 is 17.2 Å². The number of fused-ring (bicyclic) bond motifs is 1. The van der Waals surface area contributed by atoms with Crippen LogP contribution >= 0.6 is 0 Å². The highest BCUT2D eigenvalue weighted by Crippen LogP contribution is 2.31. The maximum Gasteiger partial charge on any atom is 0.227 e. The minimum Gasteiger partial charge on any atom is -0.495 e. The number of methoxy groups -OCH3 is 1. The zero-order valence-corrected chi connectivity index (χ0v) is 14.3. The fraction of sp³-hybridized carbons (Fsp3) is 0.263. The smallest absolute Gasteiger partial charge is 0.227 e. The lowest BCUT2D eigenvalue weighted by atomic mass is 10.1. The van der Waals surface area contributed by atoms with E-state index >= 15 is 0 Å². The lowest BCUT2D eigenvalue weighted by Gasteiger charge is -2.13. The molecule has 24 heavy (non-hydrogen) atoms. The van der Waals surface area contributed by atoms with E-state index in [-0.39, 0.29) is 11.8 Å². The Morgan fingerprint density at radius 1 is 1.29 bits per heavy atom. The first-order valence-corrected chi connectivity index (χ1v) is 7.93. The van der Waals surface area contributed by atoms with Crippen LogP contribution in [0, 0.1) is 12.8 Å². The van der Waals surface area contributed by atoms with Crippen LogP contribution in [0.25, 0.3) is 16.9 Å². The molecule has 2 aromatic heterocycles. The first-order chi connectivity index (χ1) is 11.5. The predicted octanol–water partition coefficient (Wildman–Crippen LogP) is 3.91. The zero-order valence-electron chi connectivity index (χ0n) is 14.3. The van der Waals surface area contributed by atoms with Crippen LogP contribution in [-0.2, 0) is 4.79 Å². The van der Waals surface area contributed by atoms with E-state index in [2.05, 4.69) is 5.32 Å². The van der Waals surface area contributed by atoms with Crippen LogP contribution in [0.1, 0.15) is 19.4 Å². The Kier molecular flexibility index (Phi) is 4.25. The summed E-state index contributed by atoms with van der Waals surface area (Å²) in [6, 6.07) is 9.73. The Bertz CT molecular complexity index is 897. The second-order valence-corrected chi connectivity index (χ2v) is 6.11. The number of aromatic nitrogens is 2. The number of carbonyl (C=O) groups excluding carboxylic acids is 1. The van der Waals surface area contributed by atoms with E-state index in [1.165, 1.54) is 0 Å². The van der Waals surface area contributed by atoms with Crippen molar-refractivity contribution in [3.8, 4) is 17.0 Å². The number of aryl methyl sites for hydroxylation is 1. The van der Waals surface area contributed by atoms with Gasteiger partial charge in [0.1, 0.15) is 11.4 Å². The number of rotatable bonds is 4. The molecule has 5 heteroatoms. The predicted molar refractivity (Wildman–Crippen MR) is 95.4 cm³/mol. The van der Waals surface area contributed by atoms with Crippen molar-refractivity contribution < 1.29 is 9.53 Å². The maximum atomic E-state index is 12.0. The molecule has 0 bridgehead atoms. The van der Waals surface area contributed by atoms with Gasteiger partial charge in [0.2, 0.25) is 5.91 Å². The van der Waals surface area contributed by atoms with Gasteiger partial charge in [0.25, 0.3) is 0 Å². The average Bonchev–Trinajstić information content (AvgIpc) is 3.00. The van der Waals surface area contributed by atoms with Crippen molar-refractivity contribution in [1.82, 2.24) is 9.38 Å². The van der Waals surface area contributed by atoms with E-state index in [9.17, 15) is 4.79 Å². The Balaban J connectivity index is 2.04. The van der Waals surface area contributed by atoms with E-state index in [4.69, 9.17) is 9.72 Å². The average molecular weight is 323 g/mol. The number of hydrogen-bond donors (Lipinski definition) is 1. The van der Waals surface area contributed by atoms with Crippen molar-refractivity contribution in [2.45, 2.75) is 20.8 Å². The van der Waals surface area contributed by atoms with Crippen LogP contribution in [0.4, 0.5) is 5.69 Å². The van der Waals surface area contributed by atoms with E-state index in [0.717, 1.165) is 22.5 Å². The largest absolute Gasteiger partial charge is 0.495 e. The maximum absolute atomic E-state index is 12.0. The highest BCUT2D eigenvalue weighted by atomic mass is 16.5. The molecule has 1 N–H and O–H groups in total. The molecule has 1 amide bonds. The van der Waals surface area contributed by atoms with Gasteiger partial charge in [-0.15, -0.1) is 0 Å². The number of ether oxygens (including phenoxy) is 1. The second kappa shape index (κ2) is 6.35. The minimum absolute atomic E-state index is 0.0451. The van der Waals surface area contributed by atoms with Gasteiger partial charge < -0.3 is 14.5 Å². The molecule has 0 aliphatic carbocycles. The molecule has 3 aromatic rings. The number of benzene rings is 1. The van der Waals surface area contributed by atoms with Crippen molar-refractivity contribution in [3.63, 3.8) is 0 Å². The molecule has 1 aromatic carbocycles. The Morgan fingerprint density at radius 3 is 2.75 bits per heavy atom. The van der Waals surface area contributed by atoms with Crippen molar-refractivity contribution in [3.05, 3.63) is 48.3 Å². The van der Waals surface area contributed by atoms with Gasteiger partial charge >= 0.3 is 0 Å². The normalized spacial score (nSPS) is 11.0. The minimum atomic E-state index is -0.101. The molecule has 2 heterocycles. The second-order valence-electron chi connectivity index (χ2n) is 6.11. The molecule has 0 aliphatic heterocycles. The fourth-order valence-electron chi connectivity index (χ4n) is 2.53. The molecule has 0 fully saturated rings. The highest BCUT2D eigenvalue weighted by molar-refractivity contribution is 5.94. The Labute approximate surface area is 141 Å². The molecule has 5 nitrogen and oxygen atoms in total. The van der Waals surface area contributed by atoms with Crippen molar-refractivity contribution in [2.75, 3.05) is 12.4 Å². The Morgan fingerprint density at radius 2 is 2.08 bits per heavy atom. The third kappa shape index (κ3) is 2.97. The van der Waals surface area contributed by atoms with Crippen molar-refractivity contribution in [1.29, 1.82) is 0 Å². The van der Waals surface area contributed by atoms with Crippen LogP contribution in [0.15, 0.2) is 42.7 Å². The molecule has 124 valence electrons. The Hall–Kier alpha value is -2.82. The summed E-state index contributed by atoms with van der Waals surface area (Å²) < 4.78 is 7.36. The number of carbonyl (C=O) groups is 1. The van der Waals surface area contributed by atoms with Crippen LogP contribution < -0.4 is 10.1 Å². The third-order valence-corrected chi connectivity index (χ3v) is 3.96. The number of anilines is 1. The van der Waals surface area contributed by atoms with Gasteiger partial charge in [-0.1, -0.05) is 19.9 Å². The highest BCUT2D eigenvalue weighted by Gasteiger charge is 2.13. The molecule has 0 saturated heterocycles. The van der Waals surface area contributed by atoms with Gasteiger partial charge in [-0.3, -0.25) is 4.79 Å². The van der Waals surface area contributed by atoms with E-state index in [1.807, 2.05) is 67.9 Å². The third-order valence-electron chi connectivity index (χ3n) is 3.96. The van der Waals surface area contributed by atoms with Gasteiger partial charge in [0, 0.05) is 23.9 Å². The monoisotopic (exact) mass is 323 g/mol. The number of nitrogens with zero attached hydrogens (tertiary/aromatic N) is 2. The fourth-order valence-corrected chi connectivity index (χ4v) is 2.53. The molecule has 0 unspecified atom stereocenters.